The summed E-state index contributed by atoms with van der Waals surface area (Å²) in [7, 11) is 0. The highest BCUT2D eigenvalue weighted by atomic mass is 32.1. The third-order valence-corrected chi connectivity index (χ3v) is 4.55. The van der Waals surface area contributed by atoms with Gasteiger partial charge in [-0.2, -0.15) is 0 Å². The molecule has 1 aliphatic heterocycles. The Hall–Kier alpha value is -3.25. The minimum absolute atomic E-state index is 0.189. The van der Waals surface area contributed by atoms with Crippen molar-refractivity contribution in [1.82, 2.24) is 4.98 Å². The minimum Gasteiger partial charge on any atom is -0.341 e. The summed E-state index contributed by atoms with van der Waals surface area (Å²) in [6, 6.07) is 17.0. The third-order valence-electron chi connectivity index (χ3n) is 3.72. The van der Waals surface area contributed by atoms with Gasteiger partial charge in [-0.05, 0) is 30.4 Å². The van der Waals surface area contributed by atoms with E-state index < -0.39 is 0 Å². The van der Waals surface area contributed by atoms with Crippen LogP contribution in [0.15, 0.2) is 70.0 Å². The molecule has 0 radical (unpaired) electrons. The first-order chi connectivity index (χ1) is 12.2. The summed E-state index contributed by atoms with van der Waals surface area (Å²) in [5, 5.41) is 4.72. The summed E-state index contributed by atoms with van der Waals surface area (Å²) in [6.45, 7) is 0. The highest BCUT2D eigenvalue weighted by Gasteiger charge is 2.13. The van der Waals surface area contributed by atoms with Crippen molar-refractivity contribution in [3.8, 4) is 0 Å². The van der Waals surface area contributed by atoms with Crippen LogP contribution >= 0.6 is 11.3 Å². The number of hydrogen-bond donors (Lipinski definition) is 2. The van der Waals surface area contributed by atoms with Crippen molar-refractivity contribution >= 4 is 40.9 Å². The Bertz CT molecular complexity index is 1160. The molecule has 0 atom stereocenters. The van der Waals surface area contributed by atoms with Crippen LogP contribution in [0.3, 0.4) is 0 Å². The molecule has 4 rings (SSSR count). The summed E-state index contributed by atoms with van der Waals surface area (Å²) < 4.78 is 0. The van der Waals surface area contributed by atoms with Gasteiger partial charge in [0.2, 0.25) is 0 Å². The topological polar surface area (TPSA) is 74.3 Å². The van der Waals surface area contributed by atoms with Crippen LogP contribution in [0.1, 0.15) is 4.88 Å². The van der Waals surface area contributed by atoms with Gasteiger partial charge >= 0.3 is 4.87 Å². The fraction of sp³-hybridized carbons (Fsp3) is 0. The number of aromatic amines is 1. The highest BCUT2D eigenvalue weighted by molar-refractivity contribution is 7.10. The van der Waals surface area contributed by atoms with Crippen LogP contribution in [0.25, 0.3) is 12.2 Å². The smallest absolute Gasteiger partial charge is 0.306 e. The molecule has 0 spiro atoms. The molecule has 6 heteroatoms. The van der Waals surface area contributed by atoms with E-state index >= 15 is 0 Å². The molecule has 0 unspecified atom stereocenters. The second-order valence-electron chi connectivity index (χ2n) is 5.46. The quantitative estimate of drug-likeness (QED) is 0.714. The third kappa shape index (κ3) is 3.20. The van der Waals surface area contributed by atoms with Crippen molar-refractivity contribution in [1.29, 1.82) is 0 Å². The first kappa shape index (κ1) is 15.3. The summed E-state index contributed by atoms with van der Waals surface area (Å²) in [5.41, 5.74) is 1.30. The van der Waals surface area contributed by atoms with E-state index in [9.17, 15) is 9.59 Å². The summed E-state index contributed by atoms with van der Waals surface area (Å²) in [4.78, 5) is 31.4. The van der Waals surface area contributed by atoms with Crippen LogP contribution in [0.4, 0.5) is 11.5 Å². The Morgan fingerprint density at radius 3 is 2.60 bits per heavy atom. The zero-order valence-electron chi connectivity index (χ0n) is 13.0. The molecule has 2 heterocycles. The standard InChI is InChI=1S/C19H13N3O2S/c23-18-13(10-12-6-4-5-9-15(12)21-18)11-16-17(22-19(24)25-16)20-14-7-2-1-3-8-14/h1-11,20H,(H,22,24)/b13-11+. The van der Waals surface area contributed by atoms with Crippen LogP contribution in [-0.2, 0) is 4.79 Å². The van der Waals surface area contributed by atoms with Gasteiger partial charge in [0, 0.05) is 16.5 Å². The van der Waals surface area contributed by atoms with Gasteiger partial charge < -0.3 is 5.32 Å². The summed E-state index contributed by atoms with van der Waals surface area (Å²) in [5.74, 6) is 0.249. The van der Waals surface area contributed by atoms with Gasteiger partial charge in [0.05, 0.1) is 10.2 Å². The molecule has 0 aliphatic carbocycles. The van der Waals surface area contributed by atoms with E-state index in [-0.39, 0.29) is 10.8 Å². The number of fused-ring (bicyclic) bond motifs is 1. The molecular formula is C19H13N3O2S. The minimum atomic E-state index is -0.315. The Morgan fingerprint density at radius 2 is 1.76 bits per heavy atom. The molecular weight excluding hydrogens is 334 g/mol. The Morgan fingerprint density at radius 1 is 1.00 bits per heavy atom. The predicted molar refractivity (Wildman–Crippen MR) is 99.3 cm³/mol. The number of anilines is 2. The number of H-pyrrole nitrogens is 1. The number of thiazole rings is 1. The largest absolute Gasteiger partial charge is 0.341 e. The van der Waals surface area contributed by atoms with Crippen molar-refractivity contribution in [3.05, 3.63) is 85.3 Å². The molecule has 25 heavy (non-hydrogen) atoms. The fourth-order valence-electron chi connectivity index (χ4n) is 2.56. The van der Waals surface area contributed by atoms with E-state index in [0.29, 0.717) is 21.6 Å². The van der Waals surface area contributed by atoms with E-state index in [0.717, 1.165) is 22.2 Å². The van der Waals surface area contributed by atoms with Gasteiger partial charge in [0.1, 0.15) is 5.82 Å². The summed E-state index contributed by atoms with van der Waals surface area (Å²) in [6.07, 6.45) is 3.48. The number of amides is 1. The van der Waals surface area contributed by atoms with E-state index in [1.165, 1.54) is 0 Å². The molecule has 1 aromatic heterocycles. The molecule has 0 fully saturated rings. The van der Waals surface area contributed by atoms with Crippen molar-refractivity contribution < 1.29 is 4.79 Å². The van der Waals surface area contributed by atoms with Crippen molar-refractivity contribution in [3.63, 3.8) is 0 Å². The number of nitrogens with one attached hydrogen (secondary N) is 2. The van der Waals surface area contributed by atoms with Crippen LogP contribution in [0.2, 0.25) is 0 Å². The molecule has 5 nitrogen and oxygen atoms in total. The molecule has 1 amide bonds. The molecule has 122 valence electrons. The van der Waals surface area contributed by atoms with E-state index in [1.807, 2.05) is 48.5 Å². The number of rotatable bonds is 3. The van der Waals surface area contributed by atoms with Gasteiger partial charge in [-0.3, -0.25) is 14.6 Å². The zero-order chi connectivity index (χ0) is 17.2. The number of aromatic nitrogens is 1. The zero-order valence-corrected chi connectivity index (χ0v) is 13.8. The average molecular weight is 347 g/mol. The second-order valence-corrected chi connectivity index (χ2v) is 6.48. The van der Waals surface area contributed by atoms with E-state index in [4.69, 9.17) is 0 Å². The van der Waals surface area contributed by atoms with Crippen LogP contribution in [0, 0.1) is 0 Å². The lowest BCUT2D eigenvalue weighted by atomic mass is 10.1. The Labute approximate surface area is 146 Å². The normalized spacial score (nSPS) is 14.6. The number of nitrogens with zero attached hydrogens (tertiary/aromatic N) is 1. The number of carbonyl (C=O) groups is 1. The second kappa shape index (κ2) is 6.33. The molecule has 2 N–H and O–H groups in total. The molecule has 0 bridgehead atoms. The van der Waals surface area contributed by atoms with Gasteiger partial charge in [0.15, 0.2) is 0 Å². The first-order valence-electron chi connectivity index (χ1n) is 7.66. The Kier molecular flexibility index (Phi) is 3.87. The number of benzene rings is 2. The maximum Gasteiger partial charge on any atom is 0.306 e. The number of hydrogen-bond acceptors (Lipinski definition) is 4. The van der Waals surface area contributed by atoms with Gasteiger partial charge in [-0.25, -0.2) is 4.99 Å². The van der Waals surface area contributed by atoms with Crippen LogP contribution < -0.4 is 20.8 Å². The monoisotopic (exact) mass is 347 g/mol. The van der Waals surface area contributed by atoms with Crippen molar-refractivity contribution in [2.75, 3.05) is 5.32 Å². The van der Waals surface area contributed by atoms with Crippen molar-refractivity contribution in [2.24, 2.45) is 4.99 Å². The number of carbonyl (C=O) groups excluding carboxylic acids is 1. The maximum atomic E-state index is 12.3. The average Bonchev–Trinajstić information content (AvgIpc) is 2.95. The lowest BCUT2D eigenvalue weighted by molar-refractivity contribution is -0.114. The van der Waals surface area contributed by atoms with E-state index in [1.54, 1.807) is 18.2 Å². The summed E-state index contributed by atoms with van der Waals surface area (Å²) >= 11 is 1.05. The van der Waals surface area contributed by atoms with Gasteiger partial charge in [-0.1, -0.05) is 47.7 Å². The Balaban J connectivity index is 1.76. The molecule has 0 saturated heterocycles. The lowest BCUT2D eigenvalue weighted by Gasteiger charge is -2.06. The number of para-hydroxylation sites is 2. The van der Waals surface area contributed by atoms with Crippen molar-refractivity contribution in [2.45, 2.75) is 0 Å². The van der Waals surface area contributed by atoms with Crippen LogP contribution in [-0.4, -0.2) is 10.9 Å². The molecule has 2 aromatic carbocycles. The molecule has 0 saturated carbocycles. The molecule has 3 aromatic rings. The maximum absolute atomic E-state index is 12.3. The SMILES string of the molecule is O=C1N=c2ccccc2=C/C1=C\c1sc(=O)[nH]c1Nc1ccccc1. The van der Waals surface area contributed by atoms with Gasteiger partial charge in [0.25, 0.3) is 5.91 Å². The predicted octanol–water partition coefficient (Wildman–Crippen LogP) is 2.20. The van der Waals surface area contributed by atoms with E-state index in [2.05, 4.69) is 15.3 Å². The van der Waals surface area contributed by atoms with Crippen LogP contribution in [0.5, 0.6) is 0 Å². The fourth-order valence-corrected chi connectivity index (χ4v) is 3.30. The molecule has 1 aliphatic rings. The van der Waals surface area contributed by atoms with Gasteiger partial charge in [-0.15, -0.1) is 0 Å². The first-order valence-corrected chi connectivity index (χ1v) is 8.47. The lowest BCUT2D eigenvalue weighted by Crippen LogP contribution is -2.29. The highest BCUT2D eigenvalue weighted by Crippen LogP contribution is 2.23.